The minimum Gasteiger partial charge on any atom is -0.454 e. The van der Waals surface area contributed by atoms with Gasteiger partial charge in [-0.3, -0.25) is 9.59 Å². The first-order valence-electron chi connectivity index (χ1n) is 9.61. The van der Waals surface area contributed by atoms with Crippen molar-refractivity contribution in [2.24, 2.45) is 0 Å². The molecule has 1 aliphatic heterocycles. The van der Waals surface area contributed by atoms with E-state index in [1.165, 1.54) is 12.1 Å². The molecule has 4 rings (SSSR count). The van der Waals surface area contributed by atoms with Crippen molar-refractivity contribution < 1.29 is 22.7 Å². The van der Waals surface area contributed by atoms with E-state index in [1.807, 2.05) is 6.07 Å². The highest BCUT2D eigenvalue weighted by molar-refractivity contribution is 7.90. The predicted octanol–water partition coefficient (Wildman–Crippen LogP) is 4.02. The van der Waals surface area contributed by atoms with E-state index < -0.39 is 9.84 Å². The summed E-state index contributed by atoms with van der Waals surface area (Å²) in [7, 11) is -3.25. The second-order valence-electron chi connectivity index (χ2n) is 7.23. The molecule has 2 amide bonds. The van der Waals surface area contributed by atoms with Crippen molar-refractivity contribution in [2.45, 2.75) is 17.7 Å². The standard InChI is InChI=1S/C23H20N2O5S/c1-31(28,29)17-10-6-15(7-11-17)8-13-22(26)24-16-9-12-20-18(14-16)23(27)25-19-4-2-3-5-21(19)30-20/h2-7,9-12,14H,8,13H2,1H3,(H,24,26)(H,25,27). The highest BCUT2D eigenvalue weighted by atomic mass is 32.2. The maximum absolute atomic E-state index is 12.6. The van der Waals surface area contributed by atoms with E-state index in [2.05, 4.69) is 10.6 Å². The monoisotopic (exact) mass is 436 g/mol. The lowest BCUT2D eigenvalue weighted by molar-refractivity contribution is -0.116. The maximum Gasteiger partial charge on any atom is 0.259 e. The smallest absolute Gasteiger partial charge is 0.259 e. The number of sulfone groups is 1. The van der Waals surface area contributed by atoms with Crippen molar-refractivity contribution in [1.29, 1.82) is 0 Å². The van der Waals surface area contributed by atoms with E-state index in [1.54, 1.807) is 48.5 Å². The molecule has 0 radical (unpaired) electrons. The lowest BCUT2D eigenvalue weighted by Crippen LogP contribution is -2.14. The quantitative estimate of drug-likeness (QED) is 0.629. The van der Waals surface area contributed by atoms with Crippen LogP contribution in [0.15, 0.2) is 71.6 Å². The van der Waals surface area contributed by atoms with Crippen LogP contribution in [0.5, 0.6) is 11.5 Å². The van der Waals surface area contributed by atoms with Crippen molar-refractivity contribution in [3.05, 3.63) is 77.9 Å². The van der Waals surface area contributed by atoms with Crippen LogP contribution >= 0.6 is 0 Å². The number of carbonyl (C=O) groups excluding carboxylic acids is 2. The molecule has 0 fully saturated rings. The summed E-state index contributed by atoms with van der Waals surface area (Å²) in [5.74, 6) is 0.423. The van der Waals surface area contributed by atoms with Gasteiger partial charge in [0.05, 0.1) is 16.1 Å². The first-order valence-corrected chi connectivity index (χ1v) is 11.5. The minimum absolute atomic E-state index is 0.212. The lowest BCUT2D eigenvalue weighted by atomic mass is 10.1. The van der Waals surface area contributed by atoms with Gasteiger partial charge in [-0.1, -0.05) is 24.3 Å². The lowest BCUT2D eigenvalue weighted by Gasteiger charge is -2.10. The summed E-state index contributed by atoms with van der Waals surface area (Å²) < 4.78 is 28.9. The zero-order valence-electron chi connectivity index (χ0n) is 16.7. The zero-order chi connectivity index (χ0) is 22.0. The predicted molar refractivity (Wildman–Crippen MR) is 117 cm³/mol. The molecule has 8 heteroatoms. The molecule has 0 unspecified atom stereocenters. The number of rotatable bonds is 5. The van der Waals surface area contributed by atoms with Gasteiger partial charge in [-0.15, -0.1) is 0 Å². The molecule has 31 heavy (non-hydrogen) atoms. The van der Waals surface area contributed by atoms with Gasteiger partial charge < -0.3 is 15.4 Å². The summed E-state index contributed by atoms with van der Waals surface area (Å²) >= 11 is 0. The summed E-state index contributed by atoms with van der Waals surface area (Å²) in [5, 5.41) is 5.59. The fraction of sp³-hybridized carbons (Fsp3) is 0.130. The third-order valence-corrected chi connectivity index (χ3v) is 5.98. The largest absolute Gasteiger partial charge is 0.454 e. The molecule has 1 heterocycles. The average molecular weight is 436 g/mol. The highest BCUT2D eigenvalue weighted by Gasteiger charge is 2.21. The Morgan fingerprint density at radius 2 is 1.74 bits per heavy atom. The Labute approximate surface area is 180 Å². The molecule has 7 nitrogen and oxygen atoms in total. The first-order chi connectivity index (χ1) is 14.8. The van der Waals surface area contributed by atoms with Crippen molar-refractivity contribution in [3.8, 4) is 11.5 Å². The Kier molecular flexibility index (Phi) is 5.48. The molecule has 0 saturated carbocycles. The summed E-state index contributed by atoms with van der Waals surface area (Å²) in [6.45, 7) is 0. The number of benzene rings is 3. The van der Waals surface area contributed by atoms with Gasteiger partial charge in [-0.25, -0.2) is 8.42 Å². The molecule has 0 aliphatic carbocycles. The fourth-order valence-corrected chi connectivity index (χ4v) is 3.86. The number of carbonyl (C=O) groups is 2. The zero-order valence-corrected chi connectivity index (χ0v) is 17.5. The van der Waals surface area contributed by atoms with Crippen LogP contribution in [0, 0.1) is 0 Å². The van der Waals surface area contributed by atoms with Crippen LogP contribution in [0.1, 0.15) is 22.3 Å². The van der Waals surface area contributed by atoms with Gasteiger partial charge in [0.15, 0.2) is 15.6 Å². The number of aryl methyl sites for hydroxylation is 1. The van der Waals surface area contributed by atoms with Gasteiger partial charge in [-0.05, 0) is 54.4 Å². The number of nitrogens with one attached hydrogen (secondary N) is 2. The topological polar surface area (TPSA) is 102 Å². The molecule has 158 valence electrons. The van der Waals surface area contributed by atoms with Crippen molar-refractivity contribution in [2.75, 3.05) is 16.9 Å². The number of amides is 2. The van der Waals surface area contributed by atoms with E-state index in [-0.39, 0.29) is 23.1 Å². The Morgan fingerprint density at radius 1 is 1.00 bits per heavy atom. The number of ether oxygens (including phenoxy) is 1. The van der Waals surface area contributed by atoms with Gasteiger partial charge in [0.2, 0.25) is 5.91 Å². The number of fused-ring (bicyclic) bond motifs is 2. The average Bonchev–Trinajstić information content (AvgIpc) is 2.88. The van der Waals surface area contributed by atoms with E-state index >= 15 is 0 Å². The summed E-state index contributed by atoms with van der Waals surface area (Å²) in [5.41, 5.74) is 2.25. The van der Waals surface area contributed by atoms with Gasteiger partial charge >= 0.3 is 0 Å². The normalized spacial score (nSPS) is 12.6. The van der Waals surface area contributed by atoms with E-state index in [0.717, 1.165) is 11.8 Å². The molecule has 0 saturated heterocycles. The van der Waals surface area contributed by atoms with Crippen molar-refractivity contribution in [1.82, 2.24) is 0 Å². The van der Waals surface area contributed by atoms with E-state index in [9.17, 15) is 18.0 Å². The van der Waals surface area contributed by atoms with Crippen LogP contribution in [-0.2, 0) is 21.1 Å². The molecular formula is C23H20N2O5S. The van der Waals surface area contributed by atoms with Crippen LogP contribution < -0.4 is 15.4 Å². The molecule has 0 bridgehead atoms. The van der Waals surface area contributed by atoms with Crippen LogP contribution in [0.25, 0.3) is 0 Å². The first kappa shape index (κ1) is 20.6. The second-order valence-corrected chi connectivity index (χ2v) is 9.24. The fourth-order valence-electron chi connectivity index (χ4n) is 3.23. The Bertz CT molecular complexity index is 1270. The molecule has 1 aliphatic rings. The number of hydrogen-bond acceptors (Lipinski definition) is 5. The van der Waals surface area contributed by atoms with Crippen LogP contribution in [0.4, 0.5) is 11.4 Å². The van der Waals surface area contributed by atoms with E-state index in [0.29, 0.717) is 34.9 Å². The maximum atomic E-state index is 12.6. The Morgan fingerprint density at radius 3 is 2.48 bits per heavy atom. The number of hydrogen-bond donors (Lipinski definition) is 2. The molecule has 0 spiro atoms. The Balaban J connectivity index is 1.41. The van der Waals surface area contributed by atoms with Gasteiger partial charge in [0.1, 0.15) is 5.75 Å². The van der Waals surface area contributed by atoms with Gasteiger partial charge in [0, 0.05) is 18.4 Å². The molecular weight excluding hydrogens is 416 g/mol. The van der Waals surface area contributed by atoms with Crippen LogP contribution in [-0.4, -0.2) is 26.5 Å². The molecule has 0 aromatic heterocycles. The highest BCUT2D eigenvalue weighted by Crippen LogP contribution is 2.36. The van der Waals surface area contributed by atoms with E-state index in [4.69, 9.17) is 4.74 Å². The molecule has 3 aromatic rings. The second kappa shape index (κ2) is 8.23. The Hall–Kier alpha value is -3.65. The summed E-state index contributed by atoms with van der Waals surface area (Å²) in [4.78, 5) is 25.2. The molecule has 3 aromatic carbocycles. The summed E-state index contributed by atoms with van der Waals surface area (Å²) in [6, 6.07) is 18.5. The number of para-hydroxylation sites is 2. The van der Waals surface area contributed by atoms with Crippen LogP contribution in [0.3, 0.4) is 0 Å². The molecule has 2 N–H and O–H groups in total. The third kappa shape index (κ3) is 4.75. The third-order valence-electron chi connectivity index (χ3n) is 4.86. The number of anilines is 2. The van der Waals surface area contributed by atoms with Gasteiger partial charge in [-0.2, -0.15) is 0 Å². The van der Waals surface area contributed by atoms with Crippen molar-refractivity contribution >= 4 is 33.0 Å². The summed E-state index contributed by atoms with van der Waals surface area (Å²) in [6.07, 6.45) is 1.82. The molecule has 0 atom stereocenters. The minimum atomic E-state index is -3.25. The SMILES string of the molecule is CS(=O)(=O)c1ccc(CCC(=O)Nc2ccc3c(c2)C(=O)Nc2ccccc2O3)cc1. The van der Waals surface area contributed by atoms with Crippen molar-refractivity contribution in [3.63, 3.8) is 0 Å². The van der Waals surface area contributed by atoms with Gasteiger partial charge in [0.25, 0.3) is 5.91 Å². The van der Waals surface area contributed by atoms with Crippen LogP contribution in [0.2, 0.25) is 0 Å².